The minimum absolute atomic E-state index is 0. The number of aliphatic imine (C=N–C) groups is 1. The van der Waals surface area contributed by atoms with E-state index in [0.717, 1.165) is 57.9 Å². The van der Waals surface area contributed by atoms with Crippen molar-refractivity contribution in [1.29, 1.82) is 0 Å². The van der Waals surface area contributed by atoms with Crippen LogP contribution in [0.25, 0.3) is 0 Å². The summed E-state index contributed by atoms with van der Waals surface area (Å²) in [6, 6.07) is 0.759. The van der Waals surface area contributed by atoms with Crippen molar-refractivity contribution in [1.82, 2.24) is 20.4 Å². The van der Waals surface area contributed by atoms with E-state index in [-0.39, 0.29) is 24.0 Å². The van der Waals surface area contributed by atoms with E-state index in [9.17, 15) is 0 Å². The molecule has 2 fully saturated rings. The molecule has 7 heteroatoms. The van der Waals surface area contributed by atoms with Crippen molar-refractivity contribution in [2.45, 2.75) is 38.6 Å². The van der Waals surface area contributed by atoms with E-state index >= 15 is 0 Å². The summed E-state index contributed by atoms with van der Waals surface area (Å²) in [5.41, 5.74) is 0. The molecular formula is C17H36IN5O. The quantitative estimate of drug-likeness (QED) is 0.264. The first-order valence-corrected chi connectivity index (χ1v) is 9.28. The lowest BCUT2D eigenvalue weighted by Crippen LogP contribution is -2.45. The molecule has 0 aromatic heterocycles. The van der Waals surface area contributed by atoms with E-state index in [1.165, 1.54) is 38.8 Å². The standard InChI is InChI=1S/C17H35N5O.HI/c1-16-6-3-4-9-22(16)10-5-7-19-17(18-2)20-8-11-21-12-14-23-15-13-21;/h16H,3-15H2,1-2H3,(H2,18,19,20);1H. The van der Waals surface area contributed by atoms with Crippen molar-refractivity contribution >= 4 is 29.9 Å². The number of piperidine rings is 1. The average molecular weight is 453 g/mol. The number of nitrogens with one attached hydrogen (secondary N) is 2. The molecule has 24 heavy (non-hydrogen) atoms. The van der Waals surface area contributed by atoms with Crippen molar-refractivity contribution in [3.63, 3.8) is 0 Å². The molecule has 0 saturated carbocycles. The molecule has 2 N–H and O–H groups in total. The van der Waals surface area contributed by atoms with Gasteiger partial charge in [0, 0.05) is 52.4 Å². The van der Waals surface area contributed by atoms with Gasteiger partial charge >= 0.3 is 0 Å². The number of likely N-dealkylation sites (tertiary alicyclic amines) is 1. The van der Waals surface area contributed by atoms with Crippen LogP contribution in [0, 0.1) is 0 Å². The molecule has 0 aliphatic carbocycles. The summed E-state index contributed by atoms with van der Waals surface area (Å²) in [6.07, 6.45) is 5.30. The largest absolute Gasteiger partial charge is 0.379 e. The molecule has 0 radical (unpaired) electrons. The van der Waals surface area contributed by atoms with Gasteiger partial charge in [0.05, 0.1) is 13.2 Å². The van der Waals surface area contributed by atoms with E-state index < -0.39 is 0 Å². The summed E-state index contributed by atoms with van der Waals surface area (Å²) in [6.45, 7) is 11.6. The maximum atomic E-state index is 5.37. The lowest BCUT2D eigenvalue weighted by molar-refractivity contribution is 0.0389. The monoisotopic (exact) mass is 453 g/mol. The molecule has 2 aliphatic rings. The summed E-state index contributed by atoms with van der Waals surface area (Å²) < 4.78 is 5.37. The molecule has 1 atom stereocenters. The molecule has 0 amide bonds. The van der Waals surface area contributed by atoms with E-state index in [0.29, 0.717) is 0 Å². The second kappa shape index (κ2) is 13.1. The van der Waals surface area contributed by atoms with Gasteiger partial charge in [0.15, 0.2) is 5.96 Å². The maximum Gasteiger partial charge on any atom is 0.191 e. The number of nitrogens with zero attached hydrogens (tertiary/aromatic N) is 3. The van der Waals surface area contributed by atoms with E-state index in [1.54, 1.807) is 0 Å². The van der Waals surface area contributed by atoms with Gasteiger partial charge in [-0.15, -0.1) is 24.0 Å². The Balaban J connectivity index is 0.00000288. The number of hydrogen-bond acceptors (Lipinski definition) is 4. The number of rotatable bonds is 7. The van der Waals surface area contributed by atoms with E-state index in [4.69, 9.17) is 4.74 Å². The Morgan fingerprint density at radius 2 is 1.83 bits per heavy atom. The number of guanidine groups is 1. The summed E-state index contributed by atoms with van der Waals surface area (Å²) in [5.74, 6) is 0.921. The van der Waals surface area contributed by atoms with Gasteiger partial charge in [0.1, 0.15) is 0 Å². The molecule has 1 unspecified atom stereocenters. The lowest BCUT2D eigenvalue weighted by Gasteiger charge is -2.33. The van der Waals surface area contributed by atoms with Crippen LogP contribution in [-0.2, 0) is 4.74 Å². The van der Waals surface area contributed by atoms with Crippen molar-refractivity contribution in [2.24, 2.45) is 4.99 Å². The first-order chi connectivity index (χ1) is 11.3. The van der Waals surface area contributed by atoms with Crippen molar-refractivity contribution in [2.75, 3.05) is 66.1 Å². The van der Waals surface area contributed by atoms with Crippen LogP contribution >= 0.6 is 24.0 Å². The first kappa shape index (κ1) is 21.9. The van der Waals surface area contributed by atoms with Crippen LogP contribution in [0.2, 0.25) is 0 Å². The van der Waals surface area contributed by atoms with Gasteiger partial charge in [-0.2, -0.15) is 0 Å². The molecule has 2 saturated heterocycles. The topological polar surface area (TPSA) is 52.1 Å². The van der Waals surface area contributed by atoms with Crippen LogP contribution in [0.4, 0.5) is 0 Å². The van der Waals surface area contributed by atoms with Crippen LogP contribution < -0.4 is 10.6 Å². The molecule has 6 nitrogen and oxygen atoms in total. The summed E-state index contributed by atoms with van der Waals surface area (Å²) in [7, 11) is 1.84. The van der Waals surface area contributed by atoms with Crippen molar-refractivity contribution in [3.05, 3.63) is 0 Å². The van der Waals surface area contributed by atoms with E-state index in [2.05, 4.69) is 32.3 Å². The number of morpholine rings is 1. The minimum atomic E-state index is 0. The minimum Gasteiger partial charge on any atom is -0.379 e. The molecule has 0 aromatic rings. The fraction of sp³-hybridized carbons (Fsp3) is 0.941. The summed E-state index contributed by atoms with van der Waals surface area (Å²) in [4.78, 5) is 9.36. The second-order valence-corrected chi connectivity index (χ2v) is 6.61. The third-order valence-corrected chi connectivity index (χ3v) is 4.90. The number of ether oxygens (including phenoxy) is 1. The first-order valence-electron chi connectivity index (χ1n) is 9.28. The third-order valence-electron chi connectivity index (χ3n) is 4.90. The highest BCUT2D eigenvalue weighted by molar-refractivity contribution is 14.0. The average Bonchev–Trinajstić information content (AvgIpc) is 2.59. The lowest BCUT2D eigenvalue weighted by atomic mass is 10.0. The van der Waals surface area contributed by atoms with Gasteiger partial charge in [0.2, 0.25) is 0 Å². The summed E-state index contributed by atoms with van der Waals surface area (Å²) in [5, 5.41) is 6.84. The predicted octanol–water partition coefficient (Wildman–Crippen LogP) is 1.37. The Labute approximate surface area is 164 Å². The smallest absolute Gasteiger partial charge is 0.191 e. The van der Waals surface area contributed by atoms with Gasteiger partial charge in [-0.25, -0.2) is 0 Å². The fourth-order valence-corrected chi connectivity index (χ4v) is 3.36. The zero-order valence-corrected chi connectivity index (χ0v) is 17.8. The van der Waals surface area contributed by atoms with Crippen molar-refractivity contribution in [3.8, 4) is 0 Å². The van der Waals surface area contributed by atoms with Gasteiger partial charge < -0.3 is 20.3 Å². The molecule has 2 rings (SSSR count). The molecule has 142 valence electrons. The summed E-state index contributed by atoms with van der Waals surface area (Å²) >= 11 is 0. The van der Waals surface area contributed by atoms with E-state index in [1.807, 2.05) is 7.05 Å². The SMILES string of the molecule is CN=C(NCCCN1CCCCC1C)NCCN1CCOCC1.I. The molecular weight excluding hydrogens is 417 g/mol. The highest BCUT2D eigenvalue weighted by Crippen LogP contribution is 2.15. The third kappa shape index (κ3) is 8.31. The molecule has 2 aliphatic heterocycles. The van der Waals surface area contributed by atoms with Crippen LogP contribution in [0.1, 0.15) is 32.6 Å². The molecule has 0 aromatic carbocycles. The number of hydrogen-bond donors (Lipinski definition) is 2. The highest BCUT2D eigenvalue weighted by Gasteiger charge is 2.17. The Hall–Kier alpha value is -0.120. The van der Waals surface area contributed by atoms with Crippen molar-refractivity contribution < 1.29 is 4.74 Å². The second-order valence-electron chi connectivity index (χ2n) is 6.61. The Kier molecular flexibility index (Phi) is 12.0. The normalized spacial score (nSPS) is 23.6. The molecule has 2 heterocycles. The predicted molar refractivity (Wildman–Crippen MR) is 112 cm³/mol. The highest BCUT2D eigenvalue weighted by atomic mass is 127. The van der Waals surface area contributed by atoms with Gasteiger partial charge in [-0.05, 0) is 32.7 Å². The Morgan fingerprint density at radius 1 is 1.08 bits per heavy atom. The fourth-order valence-electron chi connectivity index (χ4n) is 3.36. The van der Waals surface area contributed by atoms with Gasteiger partial charge in [0.25, 0.3) is 0 Å². The number of halogens is 1. The van der Waals surface area contributed by atoms with Crippen LogP contribution in [0.15, 0.2) is 4.99 Å². The van der Waals surface area contributed by atoms with Crippen LogP contribution in [-0.4, -0.2) is 87.9 Å². The zero-order chi connectivity index (χ0) is 16.3. The van der Waals surface area contributed by atoms with Crippen LogP contribution in [0.3, 0.4) is 0 Å². The Bertz CT molecular complexity index is 350. The van der Waals surface area contributed by atoms with Crippen LogP contribution in [0.5, 0.6) is 0 Å². The zero-order valence-electron chi connectivity index (χ0n) is 15.4. The maximum absolute atomic E-state index is 5.37. The Morgan fingerprint density at radius 3 is 2.54 bits per heavy atom. The van der Waals surface area contributed by atoms with Gasteiger partial charge in [-0.1, -0.05) is 6.42 Å². The van der Waals surface area contributed by atoms with Gasteiger partial charge in [-0.3, -0.25) is 9.89 Å². The molecule has 0 bridgehead atoms. The molecule has 0 spiro atoms.